The predicted octanol–water partition coefficient (Wildman–Crippen LogP) is 3.19. The fourth-order valence-electron chi connectivity index (χ4n) is 1.73. The summed E-state index contributed by atoms with van der Waals surface area (Å²) in [5, 5.41) is 6.23. The fourth-order valence-corrected chi connectivity index (χ4v) is 2.68. The lowest BCUT2D eigenvalue weighted by molar-refractivity contribution is -0.121. The number of rotatable bonds is 6. The Morgan fingerprint density at radius 3 is 2.65 bits per heavy atom. The normalized spacial score (nSPS) is 13.1. The standard InChI is InChI=1S/C16H26N2OS/c1-6-17-11-13-8-7-9-14(10-13)20-12(2)15(19)18-16(3,4)5/h7-10,12,17H,6,11H2,1-5H3,(H,18,19). The smallest absolute Gasteiger partial charge is 0.233 e. The van der Waals surface area contributed by atoms with E-state index in [1.165, 1.54) is 5.56 Å². The van der Waals surface area contributed by atoms with Gasteiger partial charge in [-0.3, -0.25) is 4.79 Å². The van der Waals surface area contributed by atoms with E-state index in [1.807, 2.05) is 33.8 Å². The van der Waals surface area contributed by atoms with Crippen molar-refractivity contribution in [3.05, 3.63) is 29.8 Å². The van der Waals surface area contributed by atoms with Gasteiger partial charge < -0.3 is 10.6 Å². The molecule has 112 valence electrons. The molecule has 1 amide bonds. The molecule has 20 heavy (non-hydrogen) atoms. The Labute approximate surface area is 126 Å². The van der Waals surface area contributed by atoms with Crippen LogP contribution in [0.5, 0.6) is 0 Å². The van der Waals surface area contributed by atoms with Crippen LogP contribution in [0, 0.1) is 0 Å². The van der Waals surface area contributed by atoms with Gasteiger partial charge in [-0.05, 0) is 51.9 Å². The van der Waals surface area contributed by atoms with E-state index in [1.54, 1.807) is 11.8 Å². The quantitative estimate of drug-likeness (QED) is 0.792. The monoisotopic (exact) mass is 294 g/mol. The first kappa shape index (κ1) is 17.1. The Kier molecular flexibility index (Phi) is 6.56. The number of hydrogen-bond acceptors (Lipinski definition) is 3. The number of hydrogen-bond donors (Lipinski definition) is 2. The van der Waals surface area contributed by atoms with E-state index in [2.05, 4.69) is 35.8 Å². The Bertz CT molecular complexity index is 440. The maximum Gasteiger partial charge on any atom is 0.233 e. The maximum atomic E-state index is 12.1. The van der Waals surface area contributed by atoms with E-state index < -0.39 is 0 Å². The minimum absolute atomic E-state index is 0.0830. The van der Waals surface area contributed by atoms with E-state index in [9.17, 15) is 4.79 Å². The zero-order valence-electron chi connectivity index (χ0n) is 13.1. The van der Waals surface area contributed by atoms with Gasteiger partial charge in [0.1, 0.15) is 0 Å². The predicted molar refractivity (Wildman–Crippen MR) is 87.0 cm³/mol. The molecule has 3 nitrogen and oxygen atoms in total. The Morgan fingerprint density at radius 1 is 1.35 bits per heavy atom. The summed E-state index contributed by atoms with van der Waals surface area (Å²) in [7, 11) is 0. The highest BCUT2D eigenvalue weighted by molar-refractivity contribution is 8.00. The van der Waals surface area contributed by atoms with E-state index in [0.29, 0.717) is 0 Å². The first-order valence-electron chi connectivity index (χ1n) is 7.10. The van der Waals surface area contributed by atoms with Crippen LogP contribution in [0.4, 0.5) is 0 Å². The Balaban J connectivity index is 2.61. The molecule has 1 aromatic rings. The van der Waals surface area contributed by atoms with Crippen LogP contribution in [-0.2, 0) is 11.3 Å². The van der Waals surface area contributed by atoms with E-state index >= 15 is 0 Å². The molecule has 0 aliphatic carbocycles. The van der Waals surface area contributed by atoms with Crippen molar-refractivity contribution in [2.75, 3.05) is 6.54 Å². The second kappa shape index (κ2) is 7.70. The lowest BCUT2D eigenvalue weighted by Gasteiger charge is -2.23. The molecule has 0 aliphatic rings. The van der Waals surface area contributed by atoms with Gasteiger partial charge in [-0.2, -0.15) is 0 Å². The van der Waals surface area contributed by atoms with Gasteiger partial charge in [-0.1, -0.05) is 19.1 Å². The van der Waals surface area contributed by atoms with Crippen LogP contribution >= 0.6 is 11.8 Å². The number of amides is 1. The first-order chi connectivity index (χ1) is 9.31. The van der Waals surface area contributed by atoms with E-state index in [4.69, 9.17) is 0 Å². The van der Waals surface area contributed by atoms with Gasteiger partial charge in [-0.15, -0.1) is 11.8 Å². The highest BCUT2D eigenvalue weighted by Crippen LogP contribution is 2.24. The van der Waals surface area contributed by atoms with Gasteiger partial charge in [0.05, 0.1) is 5.25 Å². The number of thioether (sulfide) groups is 1. The minimum atomic E-state index is -0.182. The molecule has 0 aromatic heterocycles. The van der Waals surface area contributed by atoms with Crippen molar-refractivity contribution in [3.63, 3.8) is 0 Å². The average Bonchev–Trinajstić information content (AvgIpc) is 2.34. The number of carbonyl (C=O) groups excluding carboxylic acids is 1. The molecule has 2 N–H and O–H groups in total. The minimum Gasteiger partial charge on any atom is -0.351 e. The van der Waals surface area contributed by atoms with Gasteiger partial charge in [-0.25, -0.2) is 0 Å². The summed E-state index contributed by atoms with van der Waals surface area (Å²) >= 11 is 1.60. The van der Waals surface area contributed by atoms with Crippen molar-refractivity contribution in [1.82, 2.24) is 10.6 Å². The topological polar surface area (TPSA) is 41.1 Å². The summed E-state index contributed by atoms with van der Waals surface area (Å²) < 4.78 is 0. The van der Waals surface area contributed by atoms with E-state index in [-0.39, 0.29) is 16.7 Å². The van der Waals surface area contributed by atoms with Crippen LogP contribution in [0.3, 0.4) is 0 Å². The zero-order chi connectivity index (χ0) is 15.2. The largest absolute Gasteiger partial charge is 0.351 e. The molecular formula is C16H26N2OS. The summed E-state index contributed by atoms with van der Waals surface area (Å²) in [5.41, 5.74) is 1.07. The maximum absolute atomic E-state index is 12.1. The van der Waals surface area contributed by atoms with Gasteiger partial charge in [0.15, 0.2) is 0 Å². The molecule has 1 aromatic carbocycles. The van der Waals surface area contributed by atoms with Gasteiger partial charge in [0.2, 0.25) is 5.91 Å². The van der Waals surface area contributed by atoms with Crippen LogP contribution < -0.4 is 10.6 Å². The number of benzene rings is 1. The number of carbonyl (C=O) groups is 1. The Hall–Kier alpha value is -1.00. The highest BCUT2D eigenvalue weighted by atomic mass is 32.2. The molecule has 0 bridgehead atoms. The summed E-state index contributed by atoms with van der Waals surface area (Å²) in [5.74, 6) is 0.0830. The van der Waals surface area contributed by atoms with Crippen molar-refractivity contribution in [3.8, 4) is 0 Å². The molecule has 0 fully saturated rings. The molecule has 0 saturated heterocycles. The second-order valence-corrected chi connectivity index (χ2v) is 7.34. The molecule has 1 unspecified atom stereocenters. The van der Waals surface area contributed by atoms with Crippen molar-refractivity contribution in [1.29, 1.82) is 0 Å². The average molecular weight is 294 g/mol. The van der Waals surface area contributed by atoms with Crippen LogP contribution in [0.1, 0.15) is 40.2 Å². The third kappa shape index (κ3) is 6.44. The molecule has 4 heteroatoms. The third-order valence-corrected chi connectivity index (χ3v) is 3.75. The molecule has 0 aliphatic heterocycles. The molecule has 1 rings (SSSR count). The lowest BCUT2D eigenvalue weighted by atomic mass is 10.1. The highest BCUT2D eigenvalue weighted by Gasteiger charge is 2.19. The van der Waals surface area contributed by atoms with Crippen molar-refractivity contribution in [2.45, 2.75) is 56.8 Å². The van der Waals surface area contributed by atoms with Gasteiger partial charge >= 0.3 is 0 Å². The third-order valence-electron chi connectivity index (χ3n) is 2.66. The zero-order valence-corrected chi connectivity index (χ0v) is 13.9. The summed E-state index contributed by atoms with van der Waals surface area (Å²) in [6, 6.07) is 8.35. The van der Waals surface area contributed by atoms with Crippen molar-refractivity contribution in [2.24, 2.45) is 0 Å². The molecule has 1 atom stereocenters. The van der Waals surface area contributed by atoms with Crippen LogP contribution in [-0.4, -0.2) is 23.2 Å². The van der Waals surface area contributed by atoms with Crippen molar-refractivity contribution < 1.29 is 4.79 Å². The fraction of sp³-hybridized carbons (Fsp3) is 0.562. The molecule has 0 saturated carbocycles. The van der Waals surface area contributed by atoms with E-state index in [0.717, 1.165) is 18.0 Å². The SMILES string of the molecule is CCNCc1cccc(SC(C)C(=O)NC(C)(C)C)c1. The molecule has 0 heterocycles. The number of nitrogens with one attached hydrogen (secondary N) is 2. The summed E-state index contributed by atoms with van der Waals surface area (Å²) in [4.78, 5) is 13.2. The summed E-state index contributed by atoms with van der Waals surface area (Å²) in [6.45, 7) is 11.9. The van der Waals surface area contributed by atoms with Crippen LogP contribution in [0.2, 0.25) is 0 Å². The second-order valence-electron chi connectivity index (χ2n) is 5.93. The van der Waals surface area contributed by atoms with Gasteiger partial charge in [0, 0.05) is 17.0 Å². The lowest BCUT2D eigenvalue weighted by Crippen LogP contribution is -2.44. The summed E-state index contributed by atoms with van der Waals surface area (Å²) in [6.07, 6.45) is 0. The van der Waals surface area contributed by atoms with Crippen LogP contribution in [0.25, 0.3) is 0 Å². The first-order valence-corrected chi connectivity index (χ1v) is 7.98. The molecule has 0 radical (unpaired) electrons. The molecular weight excluding hydrogens is 268 g/mol. The molecule has 0 spiro atoms. The Morgan fingerprint density at radius 2 is 2.05 bits per heavy atom. The van der Waals surface area contributed by atoms with Gasteiger partial charge in [0.25, 0.3) is 0 Å². The van der Waals surface area contributed by atoms with Crippen LogP contribution in [0.15, 0.2) is 29.2 Å². The van der Waals surface area contributed by atoms with Crippen molar-refractivity contribution >= 4 is 17.7 Å².